The summed E-state index contributed by atoms with van der Waals surface area (Å²) in [5.41, 5.74) is 2.65. The molecule has 0 aliphatic rings. The summed E-state index contributed by atoms with van der Waals surface area (Å²) < 4.78 is 0. The molecule has 17 heavy (non-hydrogen) atoms. The topological polar surface area (TPSA) is 0 Å². The lowest BCUT2D eigenvalue weighted by Gasteiger charge is -2.32. The highest BCUT2D eigenvalue weighted by Crippen LogP contribution is 2.56. The van der Waals surface area contributed by atoms with Gasteiger partial charge in [0.05, 0.1) is 0 Å². The number of aryl methyl sites for hydroxylation is 2. The molecule has 0 atom stereocenters. The third-order valence-electron chi connectivity index (χ3n) is 3.22. The van der Waals surface area contributed by atoms with Crippen LogP contribution in [0.25, 0.3) is 0 Å². The van der Waals surface area contributed by atoms with E-state index in [1.165, 1.54) is 20.9 Å². The van der Waals surface area contributed by atoms with E-state index >= 15 is 0 Å². The van der Waals surface area contributed by atoms with Crippen LogP contribution in [0.5, 0.6) is 0 Å². The minimum Gasteiger partial charge on any atom is -0.194 e. The van der Waals surface area contributed by atoms with Crippen molar-refractivity contribution < 1.29 is 0 Å². The van der Waals surface area contributed by atoms with Gasteiger partial charge in [0, 0.05) is 0 Å². The van der Waals surface area contributed by atoms with Gasteiger partial charge in [-0.25, -0.2) is 0 Å². The highest BCUT2D eigenvalue weighted by Gasteiger charge is 2.16. The predicted molar refractivity (Wildman–Crippen MR) is 78.3 cm³/mol. The summed E-state index contributed by atoms with van der Waals surface area (Å²) in [5, 5.41) is 0. The van der Waals surface area contributed by atoms with Crippen LogP contribution < -0.4 is 0 Å². The zero-order chi connectivity index (χ0) is 12.5. The van der Waals surface area contributed by atoms with Crippen LogP contribution in [-0.4, -0.2) is 12.5 Å². The Morgan fingerprint density at radius 1 is 0.588 bits per heavy atom. The highest BCUT2D eigenvalue weighted by atomic mass is 32.3. The van der Waals surface area contributed by atoms with Gasteiger partial charge in [0.1, 0.15) is 0 Å². The van der Waals surface area contributed by atoms with E-state index in [0.717, 1.165) is 0 Å². The van der Waals surface area contributed by atoms with Crippen molar-refractivity contribution in [2.45, 2.75) is 23.6 Å². The fourth-order valence-corrected chi connectivity index (χ4v) is 3.80. The second kappa shape index (κ2) is 4.58. The molecule has 0 aliphatic carbocycles. The molecule has 0 N–H and O–H groups in total. The lowest BCUT2D eigenvalue weighted by atomic mass is 10.2. The second-order valence-electron chi connectivity index (χ2n) is 4.95. The zero-order valence-electron chi connectivity index (χ0n) is 11.0. The molecule has 0 saturated carbocycles. The quantitative estimate of drug-likeness (QED) is 0.713. The molecule has 2 aromatic rings. The van der Waals surface area contributed by atoms with Crippen LogP contribution in [0, 0.1) is 13.8 Å². The van der Waals surface area contributed by atoms with Crippen molar-refractivity contribution in [2.75, 3.05) is 12.5 Å². The maximum Gasteiger partial charge on any atom is -0.00639 e. The number of hydrogen-bond acceptors (Lipinski definition) is 0. The van der Waals surface area contributed by atoms with Gasteiger partial charge in [0.2, 0.25) is 0 Å². The van der Waals surface area contributed by atoms with Crippen molar-refractivity contribution in [1.29, 1.82) is 0 Å². The van der Waals surface area contributed by atoms with Crippen molar-refractivity contribution in [3.8, 4) is 0 Å². The summed E-state index contributed by atoms with van der Waals surface area (Å²) in [5.74, 6) is 0. The minimum absolute atomic E-state index is 0.873. The molecule has 0 saturated heterocycles. The lowest BCUT2D eigenvalue weighted by Crippen LogP contribution is -1.97. The van der Waals surface area contributed by atoms with Crippen LogP contribution in [0.2, 0.25) is 0 Å². The first-order valence-corrected chi connectivity index (χ1v) is 8.32. The Labute approximate surface area is 106 Å². The van der Waals surface area contributed by atoms with Crippen LogP contribution in [0.3, 0.4) is 0 Å². The minimum atomic E-state index is -0.873. The van der Waals surface area contributed by atoms with E-state index in [4.69, 9.17) is 0 Å². The fourth-order valence-electron chi connectivity index (χ4n) is 1.89. The lowest BCUT2D eigenvalue weighted by molar-refractivity contribution is 1.31. The number of hydrogen-bond donors (Lipinski definition) is 0. The molecule has 0 heterocycles. The molecule has 0 bridgehead atoms. The summed E-state index contributed by atoms with van der Waals surface area (Å²) in [4.78, 5) is 2.90. The van der Waals surface area contributed by atoms with Crippen LogP contribution in [0.15, 0.2) is 58.3 Å². The average molecular weight is 244 g/mol. The van der Waals surface area contributed by atoms with E-state index in [2.05, 4.69) is 74.9 Å². The van der Waals surface area contributed by atoms with E-state index in [-0.39, 0.29) is 0 Å². The Morgan fingerprint density at radius 3 is 1.18 bits per heavy atom. The van der Waals surface area contributed by atoms with Crippen LogP contribution >= 0.6 is 10.0 Å². The molecule has 1 heteroatoms. The van der Waals surface area contributed by atoms with Gasteiger partial charge in [-0.05, 0) is 60.4 Å². The predicted octanol–water partition coefficient (Wildman–Crippen LogP) is 4.79. The largest absolute Gasteiger partial charge is 0.194 e. The molecule has 0 aromatic heterocycles. The number of benzene rings is 2. The third-order valence-corrected chi connectivity index (χ3v) is 6.12. The van der Waals surface area contributed by atoms with Crippen molar-refractivity contribution in [3.05, 3.63) is 59.7 Å². The normalized spacial score (nSPS) is 12.5. The van der Waals surface area contributed by atoms with Crippen molar-refractivity contribution in [2.24, 2.45) is 0 Å². The first-order valence-electron chi connectivity index (χ1n) is 5.87. The molecule has 2 aromatic carbocycles. The molecule has 0 fully saturated rings. The van der Waals surface area contributed by atoms with Gasteiger partial charge < -0.3 is 0 Å². The first kappa shape index (κ1) is 12.3. The van der Waals surface area contributed by atoms with Gasteiger partial charge in [-0.1, -0.05) is 35.4 Å². The van der Waals surface area contributed by atoms with Gasteiger partial charge in [-0.15, -0.1) is 0 Å². The SMILES string of the molecule is Cc1ccc(S(C)(C)c2ccc(C)cc2)cc1. The molecule has 90 valence electrons. The van der Waals surface area contributed by atoms with Crippen molar-refractivity contribution in [3.63, 3.8) is 0 Å². The summed E-state index contributed by atoms with van der Waals surface area (Å²) in [6, 6.07) is 17.9. The number of rotatable bonds is 2. The van der Waals surface area contributed by atoms with Crippen LogP contribution in [-0.2, 0) is 0 Å². The van der Waals surface area contributed by atoms with E-state index in [9.17, 15) is 0 Å². The summed E-state index contributed by atoms with van der Waals surface area (Å²) in [7, 11) is -0.873. The summed E-state index contributed by atoms with van der Waals surface area (Å²) in [6.45, 7) is 4.27. The average Bonchev–Trinajstić information content (AvgIpc) is 2.30. The third kappa shape index (κ3) is 2.55. The summed E-state index contributed by atoms with van der Waals surface area (Å²) in [6.07, 6.45) is 4.73. The molecular formula is C16H20S. The Kier molecular flexibility index (Phi) is 3.30. The van der Waals surface area contributed by atoms with Crippen molar-refractivity contribution in [1.82, 2.24) is 0 Å². The maximum atomic E-state index is 2.36. The van der Waals surface area contributed by atoms with Gasteiger partial charge >= 0.3 is 0 Å². The molecule has 2 rings (SSSR count). The Balaban J connectivity index is 2.41. The molecule has 0 nitrogen and oxygen atoms in total. The Hall–Kier alpha value is -1.21. The van der Waals surface area contributed by atoms with Gasteiger partial charge in [-0.2, -0.15) is 10.0 Å². The smallest absolute Gasteiger partial charge is 0.00639 e. The first-order chi connectivity index (χ1) is 8.00. The molecule has 0 spiro atoms. The maximum absolute atomic E-state index is 2.36. The summed E-state index contributed by atoms with van der Waals surface area (Å²) >= 11 is 0. The van der Waals surface area contributed by atoms with E-state index < -0.39 is 10.0 Å². The van der Waals surface area contributed by atoms with Gasteiger partial charge in [0.15, 0.2) is 0 Å². The van der Waals surface area contributed by atoms with E-state index in [1.807, 2.05) is 0 Å². The standard InChI is InChI=1S/C16H20S/c1-13-5-9-15(10-6-13)17(3,4)16-11-7-14(2)8-12-16/h5-12H,1-4H3. The molecule has 0 aliphatic heterocycles. The fraction of sp³-hybridized carbons (Fsp3) is 0.250. The molecular weight excluding hydrogens is 224 g/mol. The Morgan fingerprint density at radius 2 is 0.882 bits per heavy atom. The van der Waals surface area contributed by atoms with E-state index in [0.29, 0.717) is 0 Å². The molecule has 0 unspecified atom stereocenters. The van der Waals surface area contributed by atoms with Gasteiger partial charge in [0.25, 0.3) is 0 Å². The monoisotopic (exact) mass is 244 g/mol. The zero-order valence-corrected chi connectivity index (χ0v) is 11.8. The van der Waals surface area contributed by atoms with Gasteiger partial charge in [-0.3, -0.25) is 0 Å². The van der Waals surface area contributed by atoms with Crippen molar-refractivity contribution >= 4 is 10.0 Å². The molecule has 0 radical (unpaired) electrons. The second-order valence-corrected chi connectivity index (χ2v) is 8.55. The highest BCUT2D eigenvalue weighted by molar-refractivity contribution is 8.32. The van der Waals surface area contributed by atoms with E-state index in [1.54, 1.807) is 0 Å². The molecule has 0 amide bonds. The van der Waals surface area contributed by atoms with Crippen LogP contribution in [0.4, 0.5) is 0 Å². The Bertz CT molecular complexity index is 445. The van der Waals surface area contributed by atoms with Crippen LogP contribution in [0.1, 0.15) is 11.1 Å².